The lowest BCUT2D eigenvalue weighted by atomic mass is 9.99. The van der Waals surface area contributed by atoms with E-state index in [0.29, 0.717) is 0 Å². The largest absolute Gasteiger partial charge is 0.488 e. The van der Waals surface area contributed by atoms with Crippen LogP contribution in [0.2, 0.25) is 0 Å². The number of aryl methyl sites for hydroxylation is 1. The predicted molar refractivity (Wildman–Crippen MR) is 62.1 cm³/mol. The Hall–Kier alpha value is -1.02. The van der Waals surface area contributed by atoms with Crippen molar-refractivity contribution in [1.82, 2.24) is 0 Å². The standard InChI is InChI=1S/C13H19NO/c1-3-5-9-6-7-12-10(8-9)13(14)11(4-2)15-12/h6-8,11,13H,3-5,14H2,1-2H3. The molecule has 0 aliphatic carbocycles. The third-order valence-electron chi connectivity index (χ3n) is 3.05. The summed E-state index contributed by atoms with van der Waals surface area (Å²) < 4.78 is 5.78. The molecule has 0 fully saturated rings. The van der Waals surface area contributed by atoms with Crippen LogP contribution in [0.25, 0.3) is 0 Å². The highest BCUT2D eigenvalue weighted by Crippen LogP contribution is 2.36. The van der Waals surface area contributed by atoms with Gasteiger partial charge in [0.25, 0.3) is 0 Å². The molecule has 0 aromatic heterocycles. The maximum atomic E-state index is 6.14. The molecule has 2 nitrogen and oxygen atoms in total. The molecule has 1 aromatic carbocycles. The first-order valence-electron chi connectivity index (χ1n) is 5.81. The first kappa shape index (κ1) is 10.5. The number of rotatable bonds is 3. The van der Waals surface area contributed by atoms with Crippen molar-refractivity contribution in [3.8, 4) is 5.75 Å². The van der Waals surface area contributed by atoms with Crippen LogP contribution < -0.4 is 10.5 Å². The SMILES string of the molecule is CCCc1ccc2c(c1)C(N)C(CC)O2. The maximum absolute atomic E-state index is 6.14. The Morgan fingerprint density at radius 2 is 2.13 bits per heavy atom. The number of benzene rings is 1. The van der Waals surface area contributed by atoms with Crippen molar-refractivity contribution in [2.45, 2.75) is 45.3 Å². The molecule has 82 valence electrons. The zero-order chi connectivity index (χ0) is 10.8. The Morgan fingerprint density at radius 1 is 1.33 bits per heavy atom. The Bertz CT molecular complexity index is 348. The number of nitrogens with two attached hydrogens (primary N) is 1. The average molecular weight is 205 g/mol. The van der Waals surface area contributed by atoms with Crippen LogP contribution in [0.4, 0.5) is 0 Å². The summed E-state index contributed by atoms with van der Waals surface area (Å²) >= 11 is 0. The summed E-state index contributed by atoms with van der Waals surface area (Å²) in [5.74, 6) is 0.981. The molecular formula is C13H19NO. The number of hydrogen-bond donors (Lipinski definition) is 1. The van der Waals surface area contributed by atoms with Crippen LogP contribution >= 0.6 is 0 Å². The van der Waals surface area contributed by atoms with Crippen molar-refractivity contribution < 1.29 is 4.74 Å². The van der Waals surface area contributed by atoms with E-state index < -0.39 is 0 Å². The van der Waals surface area contributed by atoms with Crippen molar-refractivity contribution in [3.05, 3.63) is 29.3 Å². The van der Waals surface area contributed by atoms with Gasteiger partial charge >= 0.3 is 0 Å². The summed E-state index contributed by atoms with van der Waals surface area (Å²) in [5, 5.41) is 0. The molecule has 2 N–H and O–H groups in total. The molecule has 15 heavy (non-hydrogen) atoms. The van der Waals surface area contributed by atoms with Gasteiger partial charge < -0.3 is 10.5 Å². The van der Waals surface area contributed by atoms with Gasteiger partial charge in [-0.05, 0) is 24.5 Å². The minimum atomic E-state index is 0.0572. The lowest BCUT2D eigenvalue weighted by molar-refractivity contribution is 0.202. The van der Waals surface area contributed by atoms with E-state index in [2.05, 4.69) is 32.0 Å². The smallest absolute Gasteiger partial charge is 0.124 e. The molecule has 2 heteroatoms. The average Bonchev–Trinajstić information content (AvgIpc) is 2.56. The van der Waals surface area contributed by atoms with E-state index >= 15 is 0 Å². The summed E-state index contributed by atoms with van der Waals surface area (Å²) in [6, 6.07) is 6.48. The van der Waals surface area contributed by atoms with E-state index in [-0.39, 0.29) is 12.1 Å². The van der Waals surface area contributed by atoms with Crippen LogP contribution in [-0.4, -0.2) is 6.10 Å². The lowest BCUT2D eigenvalue weighted by Gasteiger charge is -2.11. The van der Waals surface area contributed by atoms with E-state index in [1.165, 1.54) is 17.5 Å². The first-order valence-corrected chi connectivity index (χ1v) is 5.81. The van der Waals surface area contributed by atoms with E-state index in [1.54, 1.807) is 0 Å². The fraction of sp³-hybridized carbons (Fsp3) is 0.538. The number of ether oxygens (including phenoxy) is 1. The Labute approximate surface area is 91.4 Å². The minimum Gasteiger partial charge on any atom is -0.488 e. The van der Waals surface area contributed by atoms with Gasteiger partial charge in [-0.3, -0.25) is 0 Å². The van der Waals surface area contributed by atoms with Gasteiger partial charge in [0, 0.05) is 5.56 Å². The Kier molecular flexibility index (Phi) is 2.96. The lowest BCUT2D eigenvalue weighted by Crippen LogP contribution is -2.24. The molecule has 0 bridgehead atoms. The van der Waals surface area contributed by atoms with Gasteiger partial charge in [0.1, 0.15) is 11.9 Å². The van der Waals surface area contributed by atoms with Gasteiger partial charge in [0.15, 0.2) is 0 Å². The highest BCUT2D eigenvalue weighted by molar-refractivity contribution is 5.43. The quantitative estimate of drug-likeness (QED) is 0.823. The van der Waals surface area contributed by atoms with Crippen LogP contribution in [0.5, 0.6) is 5.75 Å². The molecule has 1 aliphatic rings. The second kappa shape index (κ2) is 4.23. The van der Waals surface area contributed by atoms with Crippen LogP contribution in [-0.2, 0) is 6.42 Å². The normalized spacial score (nSPS) is 23.7. The summed E-state index contributed by atoms with van der Waals surface area (Å²) in [6.07, 6.45) is 3.43. The van der Waals surface area contributed by atoms with E-state index in [9.17, 15) is 0 Å². The minimum absolute atomic E-state index is 0.0572. The summed E-state index contributed by atoms with van der Waals surface area (Å²) in [5.41, 5.74) is 8.70. The summed E-state index contributed by atoms with van der Waals surface area (Å²) in [7, 11) is 0. The van der Waals surface area contributed by atoms with E-state index in [4.69, 9.17) is 10.5 Å². The van der Waals surface area contributed by atoms with Gasteiger partial charge in [-0.1, -0.05) is 32.4 Å². The highest BCUT2D eigenvalue weighted by atomic mass is 16.5. The van der Waals surface area contributed by atoms with Crippen LogP contribution in [0.1, 0.15) is 43.9 Å². The maximum Gasteiger partial charge on any atom is 0.124 e. The highest BCUT2D eigenvalue weighted by Gasteiger charge is 2.29. The third kappa shape index (κ3) is 1.86. The van der Waals surface area contributed by atoms with E-state index in [0.717, 1.165) is 18.6 Å². The number of hydrogen-bond acceptors (Lipinski definition) is 2. The van der Waals surface area contributed by atoms with Gasteiger partial charge in [0.05, 0.1) is 6.04 Å². The van der Waals surface area contributed by atoms with Crippen molar-refractivity contribution in [1.29, 1.82) is 0 Å². The third-order valence-corrected chi connectivity index (χ3v) is 3.05. The van der Waals surface area contributed by atoms with Crippen LogP contribution in [0.3, 0.4) is 0 Å². The molecule has 2 atom stereocenters. The molecule has 2 rings (SSSR count). The molecule has 0 saturated carbocycles. The fourth-order valence-electron chi connectivity index (χ4n) is 2.18. The molecule has 0 radical (unpaired) electrons. The molecule has 0 saturated heterocycles. The van der Waals surface area contributed by atoms with Crippen LogP contribution in [0.15, 0.2) is 18.2 Å². The van der Waals surface area contributed by atoms with Gasteiger partial charge in [-0.2, -0.15) is 0 Å². The Morgan fingerprint density at radius 3 is 2.80 bits per heavy atom. The van der Waals surface area contributed by atoms with Gasteiger partial charge in [-0.15, -0.1) is 0 Å². The first-order chi connectivity index (χ1) is 7.26. The van der Waals surface area contributed by atoms with Crippen LogP contribution in [0, 0.1) is 0 Å². The molecule has 1 aliphatic heterocycles. The summed E-state index contributed by atoms with van der Waals surface area (Å²) in [4.78, 5) is 0. The van der Waals surface area contributed by atoms with Crippen molar-refractivity contribution >= 4 is 0 Å². The number of fused-ring (bicyclic) bond motifs is 1. The van der Waals surface area contributed by atoms with Gasteiger partial charge in [0.2, 0.25) is 0 Å². The second-order valence-corrected chi connectivity index (χ2v) is 4.21. The molecule has 0 spiro atoms. The monoisotopic (exact) mass is 205 g/mol. The molecule has 0 amide bonds. The van der Waals surface area contributed by atoms with Crippen molar-refractivity contribution in [2.75, 3.05) is 0 Å². The molecule has 1 aromatic rings. The zero-order valence-electron chi connectivity index (χ0n) is 9.49. The topological polar surface area (TPSA) is 35.2 Å². The van der Waals surface area contributed by atoms with Crippen molar-refractivity contribution in [2.24, 2.45) is 5.73 Å². The predicted octanol–water partition coefficient (Wildman–Crippen LogP) is 2.81. The van der Waals surface area contributed by atoms with E-state index in [1.807, 2.05) is 0 Å². The molecular weight excluding hydrogens is 186 g/mol. The molecule has 2 unspecified atom stereocenters. The second-order valence-electron chi connectivity index (χ2n) is 4.21. The van der Waals surface area contributed by atoms with Crippen molar-refractivity contribution in [3.63, 3.8) is 0 Å². The fourth-order valence-corrected chi connectivity index (χ4v) is 2.18. The summed E-state index contributed by atoms with van der Waals surface area (Å²) in [6.45, 7) is 4.31. The molecule has 1 heterocycles. The van der Waals surface area contributed by atoms with Gasteiger partial charge in [-0.25, -0.2) is 0 Å². The Balaban J connectivity index is 2.27. The zero-order valence-corrected chi connectivity index (χ0v) is 9.49.